The Morgan fingerprint density at radius 2 is 2.04 bits per heavy atom. The van der Waals surface area contributed by atoms with Gasteiger partial charge in [0.05, 0.1) is 12.5 Å². The predicted molar refractivity (Wildman–Crippen MR) is 92.0 cm³/mol. The molecule has 0 bridgehead atoms. The zero-order valence-electron chi connectivity index (χ0n) is 13.9. The number of para-hydroxylation sites is 1. The van der Waals surface area contributed by atoms with Crippen molar-refractivity contribution in [1.82, 2.24) is 15.6 Å². The van der Waals surface area contributed by atoms with E-state index in [1.54, 1.807) is 0 Å². The van der Waals surface area contributed by atoms with Crippen molar-refractivity contribution in [1.29, 1.82) is 5.26 Å². The van der Waals surface area contributed by atoms with Crippen LogP contribution in [0.5, 0.6) is 0 Å². The van der Waals surface area contributed by atoms with Gasteiger partial charge < -0.3 is 15.6 Å². The number of hydrogen-bond acceptors (Lipinski definition) is 3. The Hall–Kier alpha value is -2.81. The fourth-order valence-electron chi connectivity index (χ4n) is 2.65. The largest absolute Gasteiger partial charge is 0.361 e. The monoisotopic (exact) mass is 326 g/mol. The number of nitrogens with one attached hydrogen (secondary N) is 3. The molecule has 1 aromatic heterocycles. The molecule has 2 rings (SSSR count). The molecule has 0 saturated carbocycles. The van der Waals surface area contributed by atoms with E-state index in [2.05, 4.69) is 15.6 Å². The molecule has 0 spiro atoms. The second-order valence-electron chi connectivity index (χ2n) is 6.16. The van der Waals surface area contributed by atoms with Gasteiger partial charge in [0.25, 0.3) is 0 Å². The maximum atomic E-state index is 12.4. The van der Waals surface area contributed by atoms with Crippen molar-refractivity contribution >= 4 is 22.7 Å². The van der Waals surface area contributed by atoms with Gasteiger partial charge in [-0.15, -0.1) is 0 Å². The SMILES string of the molecule is CC(C)CC(NC(=O)Cc1c[nH]c2ccccc12)C(=O)NCC#N. The first-order valence-electron chi connectivity index (χ1n) is 8.00. The number of nitrogens with zero attached hydrogens (tertiary/aromatic N) is 1. The first-order chi connectivity index (χ1) is 11.5. The van der Waals surface area contributed by atoms with Gasteiger partial charge in [-0.2, -0.15) is 5.26 Å². The standard InChI is InChI=1S/C18H22N4O2/c1-12(2)9-16(18(24)20-8-7-19)22-17(23)10-13-11-21-15-6-4-3-5-14(13)15/h3-6,11-12,16,21H,8-10H2,1-2H3,(H,20,24)(H,22,23). The van der Waals surface area contributed by atoms with Gasteiger partial charge in [-0.05, 0) is 24.0 Å². The van der Waals surface area contributed by atoms with Gasteiger partial charge in [0.2, 0.25) is 11.8 Å². The van der Waals surface area contributed by atoms with Crippen molar-refractivity contribution in [3.8, 4) is 6.07 Å². The summed E-state index contributed by atoms with van der Waals surface area (Å²) in [7, 11) is 0. The average molecular weight is 326 g/mol. The fraction of sp³-hybridized carbons (Fsp3) is 0.389. The van der Waals surface area contributed by atoms with Gasteiger partial charge in [0.15, 0.2) is 0 Å². The van der Waals surface area contributed by atoms with E-state index in [1.807, 2.05) is 50.4 Å². The number of aromatic nitrogens is 1. The minimum absolute atomic E-state index is 0.0637. The van der Waals surface area contributed by atoms with Crippen molar-refractivity contribution in [2.24, 2.45) is 5.92 Å². The Balaban J connectivity index is 2.04. The fourth-order valence-corrected chi connectivity index (χ4v) is 2.65. The molecule has 6 nitrogen and oxygen atoms in total. The van der Waals surface area contributed by atoms with E-state index in [4.69, 9.17) is 5.26 Å². The van der Waals surface area contributed by atoms with E-state index in [-0.39, 0.29) is 30.7 Å². The first kappa shape index (κ1) is 17.5. The van der Waals surface area contributed by atoms with Gasteiger partial charge >= 0.3 is 0 Å². The predicted octanol–water partition coefficient (Wildman–Crippen LogP) is 1.88. The van der Waals surface area contributed by atoms with E-state index < -0.39 is 6.04 Å². The molecule has 1 atom stereocenters. The number of carbonyl (C=O) groups is 2. The van der Waals surface area contributed by atoms with Gasteiger partial charge in [-0.1, -0.05) is 32.0 Å². The molecule has 1 unspecified atom stereocenters. The van der Waals surface area contributed by atoms with Crippen molar-refractivity contribution in [3.63, 3.8) is 0 Å². The van der Waals surface area contributed by atoms with Crippen LogP contribution >= 0.6 is 0 Å². The van der Waals surface area contributed by atoms with Crippen LogP contribution < -0.4 is 10.6 Å². The second-order valence-corrected chi connectivity index (χ2v) is 6.16. The van der Waals surface area contributed by atoms with Crippen molar-refractivity contribution in [2.45, 2.75) is 32.7 Å². The highest BCUT2D eigenvalue weighted by molar-refractivity contribution is 5.91. The molecular weight excluding hydrogens is 304 g/mol. The van der Waals surface area contributed by atoms with E-state index >= 15 is 0 Å². The lowest BCUT2D eigenvalue weighted by Crippen LogP contribution is -2.47. The summed E-state index contributed by atoms with van der Waals surface area (Å²) in [5.74, 6) is -0.286. The number of rotatable bonds is 7. The van der Waals surface area contributed by atoms with Crippen molar-refractivity contribution in [3.05, 3.63) is 36.0 Å². The van der Waals surface area contributed by atoms with Crippen LogP contribution in [0.1, 0.15) is 25.8 Å². The summed E-state index contributed by atoms with van der Waals surface area (Å²) in [6.45, 7) is 3.90. The summed E-state index contributed by atoms with van der Waals surface area (Å²) in [4.78, 5) is 27.6. The lowest BCUT2D eigenvalue weighted by atomic mass is 10.0. The average Bonchev–Trinajstić information content (AvgIpc) is 2.94. The number of H-pyrrole nitrogens is 1. The Morgan fingerprint density at radius 1 is 1.29 bits per heavy atom. The van der Waals surface area contributed by atoms with Gasteiger partial charge in [-0.25, -0.2) is 0 Å². The molecule has 0 aliphatic heterocycles. The number of aromatic amines is 1. The number of nitriles is 1. The van der Waals surface area contributed by atoms with Crippen LogP contribution in [0.25, 0.3) is 10.9 Å². The topological polar surface area (TPSA) is 97.8 Å². The third-order valence-electron chi connectivity index (χ3n) is 3.73. The summed E-state index contributed by atoms with van der Waals surface area (Å²) >= 11 is 0. The van der Waals surface area contributed by atoms with Crippen molar-refractivity contribution < 1.29 is 9.59 Å². The number of carbonyl (C=O) groups excluding carboxylic acids is 2. The number of amides is 2. The van der Waals surface area contributed by atoms with Crippen molar-refractivity contribution in [2.75, 3.05) is 6.54 Å². The summed E-state index contributed by atoms with van der Waals surface area (Å²) < 4.78 is 0. The Labute approximate surface area is 141 Å². The van der Waals surface area contributed by atoms with Crippen LogP contribution in [-0.2, 0) is 16.0 Å². The zero-order chi connectivity index (χ0) is 17.5. The van der Waals surface area contributed by atoms with E-state index in [0.717, 1.165) is 16.5 Å². The highest BCUT2D eigenvalue weighted by atomic mass is 16.2. The van der Waals surface area contributed by atoms with Gasteiger partial charge in [0, 0.05) is 17.1 Å². The third-order valence-corrected chi connectivity index (χ3v) is 3.73. The van der Waals surface area contributed by atoms with E-state index in [1.165, 1.54) is 0 Å². The highest BCUT2D eigenvalue weighted by Gasteiger charge is 2.22. The minimum atomic E-state index is -0.629. The number of benzene rings is 1. The molecule has 6 heteroatoms. The molecule has 126 valence electrons. The Bertz CT molecular complexity index is 758. The smallest absolute Gasteiger partial charge is 0.243 e. The second kappa shape index (κ2) is 8.16. The van der Waals surface area contributed by atoms with E-state index in [0.29, 0.717) is 6.42 Å². The van der Waals surface area contributed by atoms with Gasteiger partial charge in [-0.3, -0.25) is 9.59 Å². The van der Waals surface area contributed by atoms with Crippen LogP contribution in [0.3, 0.4) is 0 Å². The molecule has 2 aromatic rings. The highest BCUT2D eigenvalue weighted by Crippen LogP contribution is 2.18. The Kier molecular flexibility index (Phi) is 5.96. The van der Waals surface area contributed by atoms with Crippen LogP contribution in [0.2, 0.25) is 0 Å². The lowest BCUT2D eigenvalue weighted by Gasteiger charge is -2.19. The molecule has 1 aromatic carbocycles. The lowest BCUT2D eigenvalue weighted by molar-refractivity contribution is -0.128. The normalized spacial score (nSPS) is 11.9. The van der Waals surface area contributed by atoms with Crippen LogP contribution in [0, 0.1) is 17.2 Å². The number of hydrogen-bond donors (Lipinski definition) is 3. The molecule has 0 saturated heterocycles. The molecule has 0 aliphatic rings. The molecule has 3 N–H and O–H groups in total. The first-order valence-corrected chi connectivity index (χ1v) is 8.00. The molecule has 1 heterocycles. The summed E-state index contributed by atoms with van der Waals surface area (Å²) in [5.41, 5.74) is 1.87. The molecular formula is C18H22N4O2. The molecule has 0 aliphatic carbocycles. The quantitative estimate of drug-likeness (QED) is 0.678. The third kappa shape index (κ3) is 4.59. The summed E-state index contributed by atoms with van der Waals surface area (Å²) in [6, 6.07) is 9.01. The number of fused-ring (bicyclic) bond motifs is 1. The van der Waals surface area contributed by atoms with Crippen LogP contribution in [0.15, 0.2) is 30.5 Å². The van der Waals surface area contributed by atoms with Gasteiger partial charge in [0.1, 0.15) is 12.6 Å². The van der Waals surface area contributed by atoms with Crippen LogP contribution in [-0.4, -0.2) is 29.4 Å². The maximum Gasteiger partial charge on any atom is 0.243 e. The summed E-state index contributed by atoms with van der Waals surface area (Å²) in [6.07, 6.45) is 2.54. The summed E-state index contributed by atoms with van der Waals surface area (Å²) in [5, 5.41) is 14.9. The minimum Gasteiger partial charge on any atom is -0.361 e. The zero-order valence-corrected chi connectivity index (χ0v) is 13.9. The van der Waals surface area contributed by atoms with E-state index in [9.17, 15) is 9.59 Å². The molecule has 0 fully saturated rings. The molecule has 24 heavy (non-hydrogen) atoms. The molecule has 0 radical (unpaired) electrons. The Morgan fingerprint density at radius 3 is 2.75 bits per heavy atom. The maximum absolute atomic E-state index is 12.4. The van der Waals surface area contributed by atoms with Crippen LogP contribution in [0.4, 0.5) is 0 Å². The molecule has 2 amide bonds.